The van der Waals surface area contributed by atoms with Crippen molar-refractivity contribution in [2.75, 3.05) is 0 Å². The first-order chi connectivity index (χ1) is 16.6. The van der Waals surface area contributed by atoms with Gasteiger partial charge in [-0.3, -0.25) is 0 Å². The number of fused-ring (bicyclic) bond motifs is 6. The number of nitriles is 2. The molecule has 0 aliphatic carbocycles. The van der Waals surface area contributed by atoms with E-state index >= 15 is 0 Å². The van der Waals surface area contributed by atoms with E-state index in [9.17, 15) is 10.5 Å². The molecular formula is C31H18N2O. The van der Waals surface area contributed by atoms with E-state index in [4.69, 9.17) is 4.42 Å². The van der Waals surface area contributed by atoms with E-state index in [0.717, 1.165) is 65.0 Å². The summed E-state index contributed by atoms with van der Waals surface area (Å²) in [5, 5.41) is 28.3. The largest absolute Gasteiger partial charge is 0.461 e. The average Bonchev–Trinajstić information content (AvgIpc) is 3.19. The summed E-state index contributed by atoms with van der Waals surface area (Å²) in [4.78, 5) is 0. The summed E-state index contributed by atoms with van der Waals surface area (Å²) in [6.07, 6.45) is 2.14. The van der Waals surface area contributed by atoms with Gasteiger partial charge < -0.3 is 4.42 Å². The van der Waals surface area contributed by atoms with E-state index in [0.29, 0.717) is 11.1 Å². The predicted octanol–water partition coefficient (Wildman–Crippen LogP) is 6.18. The Morgan fingerprint density at radius 3 is 2.21 bits per heavy atom. The maximum Gasteiger partial charge on any atom is 0.134 e. The standard InChI is InChI=1S/C31H18N2O/c1-18-26-13-21(16-32)22(17-33)14-29(26)31-23-8-4-3-7-20(23)11-12-25(31)27(18)15-28-19(2)34-30-10-6-5-9-24(28)30/h3-15H,1H2,2H3/b27-15+. The van der Waals surface area contributed by atoms with Gasteiger partial charge in [0.2, 0.25) is 0 Å². The predicted molar refractivity (Wildman–Crippen MR) is 138 cm³/mol. The van der Waals surface area contributed by atoms with Crippen LogP contribution >= 0.6 is 0 Å². The van der Waals surface area contributed by atoms with Gasteiger partial charge in [-0.1, -0.05) is 61.2 Å². The second-order valence-electron chi connectivity index (χ2n) is 8.48. The van der Waals surface area contributed by atoms with E-state index in [-0.39, 0.29) is 0 Å². The van der Waals surface area contributed by atoms with Gasteiger partial charge in [0.25, 0.3) is 0 Å². The van der Waals surface area contributed by atoms with Gasteiger partial charge in [-0.15, -0.1) is 0 Å². The minimum atomic E-state index is 0.357. The zero-order chi connectivity index (χ0) is 23.4. The summed E-state index contributed by atoms with van der Waals surface area (Å²) in [7, 11) is 0. The van der Waals surface area contributed by atoms with Crippen molar-refractivity contribution >= 4 is 55.9 Å². The lowest BCUT2D eigenvalue weighted by molar-refractivity contribution is 0.577. The second-order valence-corrected chi connectivity index (χ2v) is 8.48. The summed E-state index contributed by atoms with van der Waals surface area (Å²) in [5.74, 6) is 0.840. The number of rotatable bonds is 1. The monoisotopic (exact) mass is 434 g/mol. The number of nitrogens with zero attached hydrogens (tertiary/aromatic N) is 2. The Labute approximate surface area is 195 Å². The molecule has 0 aliphatic heterocycles. The highest BCUT2D eigenvalue weighted by molar-refractivity contribution is 6.21. The molecule has 0 amide bonds. The third kappa shape index (κ3) is 2.75. The van der Waals surface area contributed by atoms with E-state index in [1.807, 2.05) is 43.3 Å². The smallest absolute Gasteiger partial charge is 0.134 e. The zero-order valence-electron chi connectivity index (χ0n) is 18.5. The Morgan fingerprint density at radius 1 is 0.765 bits per heavy atom. The molecule has 0 saturated heterocycles. The molecule has 0 saturated carbocycles. The SMILES string of the molecule is C=c1/c(=C\c2c(C)oc3ccccc23)c2ccc3ccccc3c2c2cc(C#N)c(C#N)cc12. The third-order valence-corrected chi connectivity index (χ3v) is 6.65. The fraction of sp³-hybridized carbons (Fsp3) is 0.0323. The number of furan rings is 1. The second kappa shape index (κ2) is 7.34. The molecule has 0 aliphatic rings. The Balaban J connectivity index is 1.90. The highest BCUT2D eigenvalue weighted by atomic mass is 16.3. The van der Waals surface area contributed by atoms with Crippen molar-refractivity contribution < 1.29 is 4.42 Å². The Kier molecular flexibility index (Phi) is 4.27. The molecule has 1 aromatic heterocycles. The summed E-state index contributed by atoms with van der Waals surface area (Å²) in [6.45, 7) is 6.42. The molecule has 6 aromatic rings. The lowest BCUT2D eigenvalue weighted by Crippen LogP contribution is -2.25. The number of hydrogen-bond acceptors (Lipinski definition) is 3. The van der Waals surface area contributed by atoms with Crippen LogP contribution in [0.4, 0.5) is 0 Å². The van der Waals surface area contributed by atoms with Gasteiger partial charge in [-0.2, -0.15) is 10.5 Å². The summed E-state index contributed by atoms with van der Waals surface area (Å²) in [6, 6.07) is 28.5. The highest BCUT2D eigenvalue weighted by Crippen LogP contribution is 2.31. The molecule has 0 bridgehead atoms. The van der Waals surface area contributed by atoms with Crippen LogP contribution < -0.4 is 10.4 Å². The van der Waals surface area contributed by atoms with Crippen LogP contribution in [0.25, 0.3) is 55.9 Å². The third-order valence-electron chi connectivity index (χ3n) is 6.65. The molecule has 3 nitrogen and oxygen atoms in total. The molecule has 158 valence electrons. The summed E-state index contributed by atoms with van der Waals surface area (Å²) >= 11 is 0. The van der Waals surface area contributed by atoms with E-state index in [1.54, 1.807) is 6.07 Å². The number of para-hydroxylation sites is 1. The Hall–Kier alpha value is -4.86. The van der Waals surface area contributed by atoms with Crippen LogP contribution in [0.15, 0.2) is 77.2 Å². The molecule has 3 heteroatoms. The van der Waals surface area contributed by atoms with Crippen molar-refractivity contribution in [3.63, 3.8) is 0 Å². The van der Waals surface area contributed by atoms with Crippen LogP contribution in [-0.4, -0.2) is 0 Å². The van der Waals surface area contributed by atoms with Gasteiger partial charge in [0.1, 0.15) is 23.5 Å². The summed E-state index contributed by atoms with van der Waals surface area (Å²) in [5.41, 5.74) is 2.59. The topological polar surface area (TPSA) is 60.7 Å². The minimum Gasteiger partial charge on any atom is -0.461 e. The van der Waals surface area contributed by atoms with E-state index < -0.39 is 0 Å². The van der Waals surface area contributed by atoms with Crippen molar-refractivity contribution in [3.8, 4) is 12.1 Å². The first-order valence-corrected chi connectivity index (χ1v) is 11.0. The van der Waals surface area contributed by atoms with Crippen molar-refractivity contribution in [2.45, 2.75) is 6.92 Å². The van der Waals surface area contributed by atoms with Crippen LogP contribution in [0.2, 0.25) is 0 Å². The van der Waals surface area contributed by atoms with Gasteiger partial charge in [-0.05, 0) is 74.0 Å². The fourth-order valence-corrected chi connectivity index (χ4v) is 5.01. The lowest BCUT2D eigenvalue weighted by Gasteiger charge is -2.12. The van der Waals surface area contributed by atoms with Gasteiger partial charge in [0.05, 0.1) is 11.1 Å². The van der Waals surface area contributed by atoms with Crippen molar-refractivity contribution in [2.24, 2.45) is 0 Å². The van der Waals surface area contributed by atoms with Crippen LogP contribution in [0.5, 0.6) is 0 Å². The zero-order valence-corrected chi connectivity index (χ0v) is 18.5. The van der Waals surface area contributed by atoms with Gasteiger partial charge >= 0.3 is 0 Å². The molecule has 0 N–H and O–H groups in total. The lowest BCUT2D eigenvalue weighted by atomic mass is 9.91. The van der Waals surface area contributed by atoms with Crippen LogP contribution in [-0.2, 0) is 0 Å². The van der Waals surface area contributed by atoms with Gasteiger partial charge in [0.15, 0.2) is 0 Å². The molecular weight excluding hydrogens is 416 g/mol. The van der Waals surface area contributed by atoms with Crippen LogP contribution in [0.1, 0.15) is 22.5 Å². The van der Waals surface area contributed by atoms with Crippen molar-refractivity contribution in [1.29, 1.82) is 10.5 Å². The molecule has 1 heterocycles. The first kappa shape index (κ1) is 19.8. The van der Waals surface area contributed by atoms with Crippen LogP contribution in [0.3, 0.4) is 0 Å². The van der Waals surface area contributed by atoms with Gasteiger partial charge in [0, 0.05) is 10.9 Å². The summed E-state index contributed by atoms with van der Waals surface area (Å²) < 4.78 is 6.02. The Bertz CT molecular complexity index is 2010. The van der Waals surface area contributed by atoms with Crippen molar-refractivity contribution in [1.82, 2.24) is 0 Å². The molecule has 0 radical (unpaired) electrons. The van der Waals surface area contributed by atoms with Crippen molar-refractivity contribution in [3.05, 3.63) is 106 Å². The number of hydrogen-bond donors (Lipinski definition) is 0. The van der Waals surface area contributed by atoms with E-state index in [2.05, 4.69) is 55.1 Å². The van der Waals surface area contributed by atoms with E-state index in [1.165, 1.54) is 0 Å². The minimum absolute atomic E-state index is 0.357. The normalized spacial score (nSPS) is 11.9. The molecule has 0 fully saturated rings. The maximum atomic E-state index is 9.69. The molecule has 34 heavy (non-hydrogen) atoms. The molecule has 0 atom stereocenters. The molecule has 5 aromatic carbocycles. The quantitative estimate of drug-likeness (QED) is 0.290. The molecule has 6 rings (SSSR count). The van der Waals surface area contributed by atoms with Gasteiger partial charge in [-0.25, -0.2) is 0 Å². The Morgan fingerprint density at radius 2 is 1.44 bits per heavy atom. The molecule has 0 unspecified atom stereocenters. The van der Waals surface area contributed by atoms with Crippen LogP contribution in [0, 0.1) is 29.6 Å². The number of aryl methyl sites for hydroxylation is 1. The fourth-order valence-electron chi connectivity index (χ4n) is 5.01. The maximum absolute atomic E-state index is 9.69. The molecule has 0 spiro atoms. The number of benzene rings is 5. The highest BCUT2D eigenvalue weighted by Gasteiger charge is 2.14. The first-order valence-electron chi connectivity index (χ1n) is 11.0. The average molecular weight is 434 g/mol.